The van der Waals surface area contributed by atoms with E-state index in [2.05, 4.69) is 45.9 Å². The van der Waals surface area contributed by atoms with Crippen molar-refractivity contribution < 1.29 is 9.66 Å². The maximum Gasteiger partial charge on any atom is 0.353 e. The molecule has 2 aliphatic heterocycles. The van der Waals surface area contributed by atoms with E-state index in [1.165, 1.54) is 6.33 Å². The lowest BCUT2D eigenvalue weighted by atomic mass is 9.65. The van der Waals surface area contributed by atoms with E-state index in [1.54, 1.807) is 0 Å². The summed E-state index contributed by atoms with van der Waals surface area (Å²) in [5.41, 5.74) is 0.422. The molecule has 0 spiro atoms. The van der Waals surface area contributed by atoms with Crippen molar-refractivity contribution in [2.75, 3.05) is 56.2 Å². The molecule has 2 atom stereocenters. The Morgan fingerprint density at radius 1 is 1.28 bits per heavy atom. The zero-order chi connectivity index (χ0) is 20.6. The average Bonchev–Trinajstić information content (AvgIpc) is 2.91. The van der Waals surface area contributed by atoms with Crippen LogP contribution in [-0.2, 0) is 4.74 Å². The van der Waals surface area contributed by atoms with Crippen molar-refractivity contribution in [1.82, 2.24) is 14.9 Å². The quantitative estimate of drug-likeness (QED) is 0.571. The van der Waals surface area contributed by atoms with Gasteiger partial charge in [-0.1, -0.05) is 20.8 Å². The van der Waals surface area contributed by atoms with E-state index < -0.39 is 0 Å². The van der Waals surface area contributed by atoms with E-state index in [0.29, 0.717) is 24.2 Å². The van der Waals surface area contributed by atoms with Crippen molar-refractivity contribution in [3.63, 3.8) is 0 Å². The summed E-state index contributed by atoms with van der Waals surface area (Å²) in [6, 6.07) is 0.290. The number of nitrogens with one attached hydrogen (secondary N) is 1. The lowest BCUT2D eigenvalue weighted by Crippen LogP contribution is -2.39. The Morgan fingerprint density at radius 2 is 2.03 bits per heavy atom. The molecule has 1 saturated carbocycles. The van der Waals surface area contributed by atoms with Crippen LogP contribution in [0.3, 0.4) is 0 Å². The number of hydrogen-bond acceptors (Lipinski definition) is 8. The van der Waals surface area contributed by atoms with Gasteiger partial charge in [-0.2, -0.15) is 0 Å². The van der Waals surface area contributed by atoms with Gasteiger partial charge < -0.3 is 15.0 Å². The van der Waals surface area contributed by atoms with Gasteiger partial charge in [0.25, 0.3) is 0 Å². The summed E-state index contributed by atoms with van der Waals surface area (Å²) in [6.07, 6.45) is 4.69. The number of anilines is 2. The first-order chi connectivity index (χ1) is 13.8. The van der Waals surface area contributed by atoms with Crippen LogP contribution in [0.5, 0.6) is 0 Å². The van der Waals surface area contributed by atoms with Crippen molar-refractivity contribution in [3.8, 4) is 0 Å². The molecule has 4 rings (SSSR count). The van der Waals surface area contributed by atoms with Crippen molar-refractivity contribution in [2.24, 2.45) is 10.8 Å². The first kappa shape index (κ1) is 20.3. The molecule has 1 aliphatic carbocycles. The van der Waals surface area contributed by atoms with Gasteiger partial charge in [0, 0.05) is 38.8 Å². The van der Waals surface area contributed by atoms with Crippen LogP contribution in [0.25, 0.3) is 0 Å². The number of nitro groups is 1. The third-order valence-corrected chi connectivity index (χ3v) is 6.50. The number of morpholine rings is 1. The van der Waals surface area contributed by atoms with Gasteiger partial charge in [-0.05, 0) is 30.1 Å². The number of hydrogen-bond donors (Lipinski definition) is 1. The minimum atomic E-state index is -0.331. The maximum absolute atomic E-state index is 12.0. The number of nitrogens with zero attached hydrogens (tertiary/aromatic N) is 5. The molecule has 1 N–H and O–H groups in total. The van der Waals surface area contributed by atoms with Crippen LogP contribution >= 0.6 is 0 Å². The molecule has 2 unspecified atom stereocenters. The van der Waals surface area contributed by atoms with Crippen LogP contribution in [0.2, 0.25) is 0 Å². The van der Waals surface area contributed by atoms with Crippen molar-refractivity contribution in [1.29, 1.82) is 0 Å². The van der Waals surface area contributed by atoms with E-state index in [1.807, 2.05) is 0 Å². The maximum atomic E-state index is 12.0. The van der Waals surface area contributed by atoms with E-state index >= 15 is 0 Å². The molecule has 2 saturated heterocycles. The second-order valence-electron chi connectivity index (χ2n) is 9.87. The van der Waals surface area contributed by atoms with Crippen molar-refractivity contribution in [2.45, 2.75) is 46.1 Å². The standard InChI is InChI=1S/C20H32N6O3/c1-19(2)10-15-11-20(3,12-19)13-25(15)18-16(26(27)28)17(22-14-23-18)21-4-5-24-6-8-29-9-7-24/h14-15H,4-13H2,1-3H3,(H,21,22,23). The predicted molar refractivity (Wildman–Crippen MR) is 111 cm³/mol. The Morgan fingerprint density at radius 3 is 2.76 bits per heavy atom. The number of rotatable bonds is 6. The zero-order valence-corrected chi connectivity index (χ0v) is 17.7. The molecule has 2 bridgehead atoms. The smallest absolute Gasteiger partial charge is 0.353 e. The summed E-state index contributed by atoms with van der Waals surface area (Å²) in [5, 5.41) is 15.2. The lowest BCUT2D eigenvalue weighted by Gasteiger charge is -2.39. The van der Waals surface area contributed by atoms with Gasteiger partial charge in [-0.25, -0.2) is 9.97 Å². The van der Waals surface area contributed by atoms with E-state index in [4.69, 9.17) is 4.74 Å². The summed E-state index contributed by atoms with van der Waals surface area (Å²) in [5.74, 6) is 0.782. The van der Waals surface area contributed by atoms with Gasteiger partial charge >= 0.3 is 5.69 Å². The molecule has 1 aromatic rings. The van der Waals surface area contributed by atoms with Crippen LogP contribution in [0.15, 0.2) is 6.33 Å². The fourth-order valence-corrected chi connectivity index (χ4v) is 5.74. The summed E-state index contributed by atoms with van der Waals surface area (Å²) in [7, 11) is 0. The molecule has 9 heteroatoms. The second kappa shape index (κ2) is 7.68. The van der Waals surface area contributed by atoms with Gasteiger partial charge in [0.2, 0.25) is 11.6 Å². The number of ether oxygens (including phenoxy) is 1. The van der Waals surface area contributed by atoms with Crippen LogP contribution in [0.4, 0.5) is 17.3 Å². The molecule has 1 aromatic heterocycles. The number of fused-ring (bicyclic) bond motifs is 2. The highest BCUT2D eigenvalue weighted by Gasteiger charge is 2.51. The van der Waals surface area contributed by atoms with Gasteiger partial charge in [0.15, 0.2) is 0 Å². The zero-order valence-electron chi connectivity index (χ0n) is 17.7. The highest BCUT2D eigenvalue weighted by molar-refractivity contribution is 5.71. The Labute approximate surface area is 172 Å². The first-order valence-corrected chi connectivity index (χ1v) is 10.6. The van der Waals surface area contributed by atoms with E-state index in [0.717, 1.165) is 58.7 Å². The van der Waals surface area contributed by atoms with Gasteiger partial charge in [-0.15, -0.1) is 0 Å². The Hall–Kier alpha value is -2.00. The molecule has 29 heavy (non-hydrogen) atoms. The molecule has 160 valence electrons. The minimum Gasteiger partial charge on any atom is -0.379 e. The fourth-order valence-electron chi connectivity index (χ4n) is 5.74. The van der Waals surface area contributed by atoms with Gasteiger partial charge in [0.05, 0.1) is 18.1 Å². The predicted octanol–water partition coefficient (Wildman–Crippen LogP) is 2.53. The molecular formula is C20H32N6O3. The Kier molecular flexibility index (Phi) is 5.37. The van der Waals surface area contributed by atoms with Crippen molar-refractivity contribution >= 4 is 17.3 Å². The van der Waals surface area contributed by atoms with E-state index in [-0.39, 0.29) is 21.4 Å². The monoisotopic (exact) mass is 404 g/mol. The molecule has 3 heterocycles. The Bertz CT molecular complexity index is 767. The molecule has 0 amide bonds. The molecule has 0 radical (unpaired) electrons. The van der Waals surface area contributed by atoms with Crippen LogP contribution in [-0.4, -0.2) is 71.8 Å². The SMILES string of the molecule is CC1(C)CC2CC(C)(CN2c2ncnc(NCCN3CCOCC3)c2[N+](=O)[O-])C1. The van der Waals surface area contributed by atoms with Gasteiger partial charge in [0.1, 0.15) is 6.33 Å². The highest BCUT2D eigenvalue weighted by Crippen LogP contribution is 2.54. The van der Waals surface area contributed by atoms with Gasteiger partial charge in [-0.3, -0.25) is 15.0 Å². The van der Waals surface area contributed by atoms with Crippen LogP contribution in [0, 0.1) is 20.9 Å². The number of aromatic nitrogens is 2. The largest absolute Gasteiger partial charge is 0.379 e. The third kappa shape index (κ3) is 4.30. The second-order valence-corrected chi connectivity index (χ2v) is 9.87. The summed E-state index contributed by atoms with van der Waals surface area (Å²) < 4.78 is 5.37. The van der Waals surface area contributed by atoms with E-state index in [9.17, 15) is 10.1 Å². The Balaban J connectivity index is 1.53. The minimum absolute atomic E-state index is 0.00318. The van der Waals surface area contributed by atoms with Crippen LogP contribution < -0.4 is 10.2 Å². The third-order valence-electron chi connectivity index (χ3n) is 6.50. The summed E-state index contributed by atoms with van der Waals surface area (Å²) >= 11 is 0. The van der Waals surface area contributed by atoms with Crippen molar-refractivity contribution in [3.05, 3.63) is 16.4 Å². The summed E-state index contributed by atoms with van der Waals surface area (Å²) in [6.45, 7) is 12.4. The molecule has 3 fully saturated rings. The highest BCUT2D eigenvalue weighted by atomic mass is 16.6. The molecular weight excluding hydrogens is 372 g/mol. The normalized spacial score (nSPS) is 29.1. The lowest BCUT2D eigenvalue weighted by molar-refractivity contribution is -0.383. The summed E-state index contributed by atoms with van der Waals surface area (Å²) in [4.78, 5) is 24.7. The molecule has 0 aromatic carbocycles. The average molecular weight is 405 g/mol. The first-order valence-electron chi connectivity index (χ1n) is 10.6. The fraction of sp³-hybridized carbons (Fsp3) is 0.800. The molecule has 9 nitrogen and oxygen atoms in total. The van der Waals surface area contributed by atoms with Crippen LogP contribution in [0.1, 0.15) is 40.0 Å². The topological polar surface area (TPSA) is 96.7 Å². The molecule has 3 aliphatic rings.